The van der Waals surface area contributed by atoms with Crippen LogP contribution in [0.5, 0.6) is 0 Å². The second-order valence-electron chi connectivity index (χ2n) is 6.67. The molecule has 1 aromatic heterocycles. The summed E-state index contributed by atoms with van der Waals surface area (Å²) in [5.74, 6) is 0.543. The molecule has 7 heteroatoms. The van der Waals surface area contributed by atoms with Gasteiger partial charge in [-0.15, -0.1) is 0 Å². The maximum atomic E-state index is 13.1. The topological polar surface area (TPSA) is 54.9 Å². The maximum absolute atomic E-state index is 13.1. The van der Waals surface area contributed by atoms with E-state index in [-0.39, 0.29) is 17.8 Å². The monoisotopic (exact) mass is 371 g/mol. The summed E-state index contributed by atoms with van der Waals surface area (Å²) in [5, 5.41) is 0. The van der Waals surface area contributed by atoms with E-state index in [1.165, 1.54) is 12.1 Å². The third-order valence-electron chi connectivity index (χ3n) is 4.93. The Morgan fingerprint density at radius 3 is 2.52 bits per heavy atom. The number of ether oxygens (including phenoxy) is 2. The molecule has 142 valence electrons. The van der Waals surface area contributed by atoms with Crippen molar-refractivity contribution < 1.29 is 18.7 Å². The number of nitrogens with zero attached hydrogens (tertiary/aromatic N) is 3. The van der Waals surface area contributed by atoms with E-state index in [0.717, 1.165) is 17.9 Å². The zero-order valence-corrected chi connectivity index (χ0v) is 15.0. The molecule has 0 unspecified atom stereocenters. The standard InChI is InChI=1S/C20H22FN3O3/c21-17-4-1-15(2-5-17)18-14-24(9-12-27-18)19-6-3-16(13-22-19)20(25)23-7-10-26-11-8-23/h1-6,13,18H,7-12,14H2/t18-/m0/s1. The molecule has 1 amide bonds. The number of hydrogen-bond acceptors (Lipinski definition) is 5. The minimum atomic E-state index is -0.256. The maximum Gasteiger partial charge on any atom is 0.255 e. The van der Waals surface area contributed by atoms with Crippen LogP contribution in [0.2, 0.25) is 0 Å². The van der Waals surface area contributed by atoms with E-state index in [4.69, 9.17) is 9.47 Å². The molecule has 27 heavy (non-hydrogen) atoms. The van der Waals surface area contributed by atoms with Crippen LogP contribution in [-0.4, -0.2) is 61.8 Å². The molecule has 0 saturated carbocycles. The van der Waals surface area contributed by atoms with E-state index in [9.17, 15) is 9.18 Å². The largest absolute Gasteiger partial charge is 0.378 e. The van der Waals surface area contributed by atoms with Gasteiger partial charge < -0.3 is 19.3 Å². The van der Waals surface area contributed by atoms with Crippen LogP contribution in [-0.2, 0) is 9.47 Å². The first-order chi connectivity index (χ1) is 13.2. The van der Waals surface area contributed by atoms with E-state index < -0.39 is 0 Å². The van der Waals surface area contributed by atoms with E-state index in [2.05, 4.69) is 9.88 Å². The highest BCUT2D eigenvalue weighted by Gasteiger charge is 2.24. The summed E-state index contributed by atoms with van der Waals surface area (Å²) in [7, 11) is 0. The molecule has 0 spiro atoms. The normalized spacial score (nSPS) is 20.6. The highest BCUT2D eigenvalue weighted by atomic mass is 19.1. The van der Waals surface area contributed by atoms with Crippen molar-refractivity contribution in [2.75, 3.05) is 50.9 Å². The summed E-state index contributed by atoms with van der Waals surface area (Å²) in [6, 6.07) is 10.1. The highest BCUT2D eigenvalue weighted by Crippen LogP contribution is 2.25. The summed E-state index contributed by atoms with van der Waals surface area (Å²) in [4.78, 5) is 20.9. The van der Waals surface area contributed by atoms with Gasteiger partial charge in [0.15, 0.2) is 0 Å². The fourth-order valence-electron chi connectivity index (χ4n) is 3.39. The van der Waals surface area contributed by atoms with E-state index in [1.54, 1.807) is 23.2 Å². The van der Waals surface area contributed by atoms with E-state index in [1.807, 2.05) is 12.1 Å². The van der Waals surface area contributed by atoms with Gasteiger partial charge in [0.25, 0.3) is 5.91 Å². The summed E-state index contributed by atoms with van der Waals surface area (Å²) in [6.45, 7) is 4.31. The van der Waals surface area contributed by atoms with Gasteiger partial charge in [-0.05, 0) is 29.8 Å². The number of carbonyl (C=O) groups is 1. The van der Waals surface area contributed by atoms with Crippen molar-refractivity contribution in [1.82, 2.24) is 9.88 Å². The zero-order valence-electron chi connectivity index (χ0n) is 15.0. The average Bonchev–Trinajstić information content (AvgIpc) is 2.75. The molecule has 0 N–H and O–H groups in total. The summed E-state index contributed by atoms with van der Waals surface area (Å²) < 4.78 is 24.3. The Morgan fingerprint density at radius 2 is 1.81 bits per heavy atom. The van der Waals surface area contributed by atoms with E-state index >= 15 is 0 Å². The van der Waals surface area contributed by atoms with Crippen molar-refractivity contribution in [3.63, 3.8) is 0 Å². The van der Waals surface area contributed by atoms with Gasteiger partial charge in [0.05, 0.1) is 25.4 Å². The Hall–Kier alpha value is -2.51. The number of benzene rings is 1. The first-order valence-corrected chi connectivity index (χ1v) is 9.16. The second-order valence-corrected chi connectivity index (χ2v) is 6.67. The Labute approximate surface area is 157 Å². The molecular formula is C20H22FN3O3. The predicted octanol–water partition coefficient (Wildman–Crippen LogP) is 2.27. The van der Waals surface area contributed by atoms with Gasteiger partial charge in [0.1, 0.15) is 17.7 Å². The third-order valence-corrected chi connectivity index (χ3v) is 4.93. The first-order valence-electron chi connectivity index (χ1n) is 9.16. The molecule has 2 fully saturated rings. The molecule has 1 atom stereocenters. The summed E-state index contributed by atoms with van der Waals surface area (Å²) in [5.41, 5.74) is 1.53. The van der Waals surface area contributed by atoms with Crippen LogP contribution in [0.3, 0.4) is 0 Å². The molecule has 1 aromatic carbocycles. The fraction of sp³-hybridized carbons (Fsp3) is 0.400. The number of aromatic nitrogens is 1. The lowest BCUT2D eigenvalue weighted by Gasteiger charge is -2.34. The Kier molecular flexibility index (Phi) is 5.31. The number of anilines is 1. The molecule has 0 radical (unpaired) electrons. The van der Waals surface area contributed by atoms with Crippen molar-refractivity contribution in [3.8, 4) is 0 Å². The lowest BCUT2D eigenvalue weighted by molar-refractivity contribution is 0.0302. The number of hydrogen-bond donors (Lipinski definition) is 0. The minimum Gasteiger partial charge on any atom is -0.378 e. The van der Waals surface area contributed by atoms with Gasteiger partial charge in [-0.25, -0.2) is 9.37 Å². The number of rotatable bonds is 3. The molecule has 6 nitrogen and oxygen atoms in total. The lowest BCUT2D eigenvalue weighted by atomic mass is 10.1. The third kappa shape index (κ3) is 4.09. The van der Waals surface area contributed by atoms with Crippen LogP contribution < -0.4 is 4.90 Å². The van der Waals surface area contributed by atoms with Crippen LogP contribution in [0.1, 0.15) is 22.0 Å². The van der Waals surface area contributed by atoms with Crippen molar-refractivity contribution in [2.24, 2.45) is 0 Å². The van der Waals surface area contributed by atoms with Gasteiger partial charge in [-0.3, -0.25) is 4.79 Å². The smallest absolute Gasteiger partial charge is 0.255 e. The lowest BCUT2D eigenvalue weighted by Crippen LogP contribution is -2.41. The van der Waals surface area contributed by atoms with Crippen molar-refractivity contribution in [3.05, 3.63) is 59.5 Å². The number of morpholine rings is 2. The molecule has 2 aliphatic heterocycles. The van der Waals surface area contributed by atoms with Crippen LogP contribution in [0.15, 0.2) is 42.6 Å². The molecule has 4 rings (SSSR count). The minimum absolute atomic E-state index is 0.0106. The fourth-order valence-corrected chi connectivity index (χ4v) is 3.39. The quantitative estimate of drug-likeness (QED) is 0.829. The number of pyridine rings is 1. The SMILES string of the molecule is O=C(c1ccc(N2CCO[C@H](c3ccc(F)cc3)C2)nc1)N1CCOCC1. The van der Waals surface area contributed by atoms with Crippen LogP contribution >= 0.6 is 0 Å². The Morgan fingerprint density at radius 1 is 1.04 bits per heavy atom. The molecule has 2 aliphatic rings. The van der Waals surface area contributed by atoms with Crippen molar-refractivity contribution in [2.45, 2.75) is 6.10 Å². The van der Waals surface area contributed by atoms with Crippen LogP contribution in [0, 0.1) is 5.82 Å². The van der Waals surface area contributed by atoms with Gasteiger partial charge in [-0.2, -0.15) is 0 Å². The first kappa shape index (κ1) is 17.9. The molecule has 2 aromatic rings. The highest BCUT2D eigenvalue weighted by molar-refractivity contribution is 5.94. The number of carbonyl (C=O) groups excluding carboxylic acids is 1. The van der Waals surface area contributed by atoms with Gasteiger partial charge in [0, 0.05) is 32.4 Å². The van der Waals surface area contributed by atoms with Crippen LogP contribution in [0.25, 0.3) is 0 Å². The van der Waals surface area contributed by atoms with Crippen molar-refractivity contribution >= 4 is 11.7 Å². The van der Waals surface area contributed by atoms with Crippen LogP contribution in [0.4, 0.5) is 10.2 Å². The zero-order chi connectivity index (χ0) is 18.6. The predicted molar refractivity (Wildman–Crippen MR) is 98.3 cm³/mol. The Balaban J connectivity index is 1.43. The van der Waals surface area contributed by atoms with Gasteiger partial charge >= 0.3 is 0 Å². The number of amides is 1. The number of halogens is 1. The van der Waals surface area contributed by atoms with E-state index in [0.29, 0.717) is 45.0 Å². The molecule has 3 heterocycles. The van der Waals surface area contributed by atoms with Crippen molar-refractivity contribution in [1.29, 1.82) is 0 Å². The van der Waals surface area contributed by atoms with Gasteiger partial charge in [0.2, 0.25) is 0 Å². The molecule has 0 aliphatic carbocycles. The Bertz CT molecular complexity index is 776. The molecular weight excluding hydrogens is 349 g/mol. The molecule has 0 bridgehead atoms. The molecule has 2 saturated heterocycles. The van der Waals surface area contributed by atoms with Gasteiger partial charge in [-0.1, -0.05) is 12.1 Å². The average molecular weight is 371 g/mol. The summed E-state index contributed by atoms with van der Waals surface area (Å²) >= 11 is 0. The second kappa shape index (κ2) is 8.02. The summed E-state index contributed by atoms with van der Waals surface area (Å²) in [6.07, 6.45) is 1.51.